The van der Waals surface area contributed by atoms with Gasteiger partial charge in [0.25, 0.3) is 0 Å². The standard InChI is InChI=1S/C35H47NO9/c1-7-31(4)20-26(38)35(42)32(5)24(30(2,3)14-13-25(32)37)19-27(33(35,6)45-31)44-29(40)22-43-28(39)21-36-17-15-34(41,16-18-36)23-11-9-8-10-12-23/h7-12,19,25,27,37,41-42H,1,13-18,20-22H2,2-6H3/t25-,27-,31-,32+,33+,35-/m0/s1. The van der Waals surface area contributed by atoms with Crippen LogP contribution in [0.4, 0.5) is 0 Å². The molecule has 1 aromatic rings. The maximum absolute atomic E-state index is 14.0. The predicted molar refractivity (Wildman–Crippen MR) is 165 cm³/mol. The Labute approximate surface area is 265 Å². The second-order valence-corrected chi connectivity index (χ2v) is 14.5. The summed E-state index contributed by atoms with van der Waals surface area (Å²) in [6.07, 6.45) is 2.61. The Kier molecular flexibility index (Phi) is 8.49. The van der Waals surface area contributed by atoms with E-state index in [2.05, 4.69) is 6.58 Å². The number of rotatable bonds is 7. The van der Waals surface area contributed by atoms with Gasteiger partial charge in [0.05, 0.1) is 29.3 Å². The van der Waals surface area contributed by atoms with Gasteiger partial charge in [-0.15, -0.1) is 6.58 Å². The summed E-state index contributed by atoms with van der Waals surface area (Å²) in [6, 6.07) is 9.45. The minimum Gasteiger partial charge on any atom is -0.453 e. The number of fused-ring (bicyclic) bond motifs is 3. The second kappa shape index (κ2) is 11.4. The highest BCUT2D eigenvalue weighted by Gasteiger charge is 2.76. The average molecular weight is 626 g/mol. The first kappa shape index (κ1) is 33.5. The number of esters is 2. The number of hydrogen-bond acceptors (Lipinski definition) is 10. The number of ether oxygens (including phenoxy) is 3. The zero-order valence-electron chi connectivity index (χ0n) is 27.0. The van der Waals surface area contributed by atoms with Crippen molar-refractivity contribution in [2.45, 2.75) is 101 Å². The Morgan fingerprint density at radius 1 is 1.04 bits per heavy atom. The minimum absolute atomic E-state index is 0.0527. The molecular weight excluding hydrogens is 578 g/mol. The molecule has 2 aliphatic carbocycles. The van der Waals surface area contributed by atoms with Gasteiger partial charge >= 0.3 is 11.9 Å². The molecule has 45 heavy (non-hydrogen) atoms. The number of likely N-dealkylation sites (tertiary alicyclic amines) is 1. The van der Waals surface area contributed by atoms with E-state index < -0.39 is 69.8 Å². The fourth-order valence-electron chi connectivity index (χ4n) is 8.26. The van der Waals surface area contributed by atoms with E-state index in [-0.39, 0.29) is 13.0 Å². The molecule has 3 fully saturated rings. The van der Waals surface area contributed by atoms with Crippen molar-refractivity contribution in [1.29, 1.82) is 0 Å². The smallest absolute Gasteiger partial charge is 0.344 e. The number of nitrogens with zero attached hydrogens (tertiary/aromatic N) is 1. The lowest BCUT2D eigenvalue weighted by molar-refractivity contribution is -0.305. The van der Waals surface area contributed by atoms with E-state index in [1.54, 1.807) is 19.9 Å². The van der Waals surface area contributed by atoms with Crippen molar-refractivity contribution in [3.63, 3.8) is 0 Å². The van der Waals surface area contributed by atoms with Gasteiger partial charge < -0.3 is 29.5 Å². The number of piperidine rings is 1. The molecule has 0 unspecified atom stereocenters. The van der Waals surface area contributed by atoms with E-state index in [0.29, 0.717) is 44.3 Å². The molecule has 1 aromatic carbocycles. The van der Waals surface area contributed by atoms with Gasteiger partial charge in [-0.3, -0.25) is 14.5 Å². The maximum Gasteiger partial charge on any atom is 0.344 e. The lowest BCUT2D eigenvalue weighted by Crippen LogP contribution is -2.81. The summed E-state index contributed by atoms with van der Waals surface area (Å²) in [5, 5.41) is 34.9. The molecule has 10 nitrogen and oxygen atoms in total. The predicted octanol–water partition coefficient (Wildman–Crippen LogP) is 2.98. The van der Waals surface area contributed by atoms with Gasteiger partial charge in [-0.2, -0.15) is 0 Å². The summed E-state index contributed by atoms with van der Waals surface area (Å²) in [5.74, 6) is -2.02. The van der Waals surface area contributed by atoms with Crippen LogP contribution in [-0.4, -0.2) is 93.2 Å². The van der Waals surface area contributed by atoms with Crippen LogP contribution in [0.5, 0.6) is 0 Å². The van der Waals surface area contributed by atoms with E-state index in [0.717, 1.165) is 5.56 Å². The van der Waals surface area contributed by atoms with Crippen molar-refractivity contribution >= 4 is 17.7 Å². The fourth-order valence-corrected chi connectivity index (χ4v) is 8.26. The molecule has 0 amide bonds. The monoisotopic (exact) mass is 625 g/mol. The Bertz CT molecular complexity index is 1380. The summed E-state index contributed by atoms with van der Waals surface area (Å²) < 4.78 is 17.6. The third-order valence-electron chi connectivity index (χ3n) is 11.1. The van der Waals surface area contributed by atoms with E-state index in [9.17, 15) is 29.7 Å². The van der Waals surface area contributed by atoms with Crippen LogP contribution in [0.2, 0.25) is 0 Å². The molecule has 4 aliphatic rings. The van der Waals surface area contributed by atoms with E-state index in [1.165, 1.54) is 13.0 Å². The Balaban J connectivity index is 1.30. The van der Waals surface area contributed by atoms with Gasteiger partial charge in [0.2, 0.25) is 0 Å². The molecular formula is C35H47NO9. The molecule has 0 spiro atoms. The van der Waals surface area contributed by atoms with Crippen LogP contribution in [0.1, 0.15) is 72.3 Å². The minimum atomic E-state index is -2.23. The van der Waals surface area contributed by atoms with Crippen molar-refractivity contribution in [3.05, 3.63) is 60.2 Å². The van der Waals surface area contributed by atoms with Crippen LogP contribution in [0.15, 0.2) is 54.6 Å². The fraction of sp³-hybridized carbons (Fsp3) is 0.629. The first-order chi connectivity index (χ1) is 20.9. The quantitative estimate of drug-likeness (QED) is 0.306. The zero-order valence-corrected chi connectivity index (χ0v) is 27.0. The molecule has 6 atom stereocenters. The molecule has 246 valence electrons. The van der Waals surface area contributed by atoms with Gasteiger partial charge in [-0.25, -0.2) is 4.79 Å². The highest BCUT2D eigenvalue weighted by molar-refractivity contribution is 5.93. The largest absolute Gasteiger partial charge is 0.453 e. The van der Waals surface area contributed by atoms with Crippen LogP contribution in [0.3, 0.4) is 0 Å². The summed E-state index contributed by atoms with van der Waals surface area (Å²) in [6.45, 7) is 12.9. The van der Waals surface area contributed by atoms with Crippen molar-refractivity contribution in [2.75, 3.05) is 26.2 Å². The molecule has 3 N–H and O–H groups in total. The molecule has 10 heteroatoms. The average Bonchev–Trinajstić information content (AvgIpc) is 2.99. The van der Waals surface area contributed by atoms with Crippen molar-refractivity contribution in [1.82, 2.24) is 4.90 Å². The third-order valence-corrected chi connectivity index (χ3v) is 11.1. The van der Waals surface area contributed by atoms with Gasteiger partial charge in [0.15, 0.2) is 24.1 Å². The number of aliphatic hydroxyl groups is 3. The van der Waals surface area contributed by atoms with Gasteiger partial charge in [0.1, 0.15) is 5.60 Å². The molecule has 2 aliphatic heterocycles. The first-order valence-corrected chi connectivity index (χ1v) is 15.8. The lowest BCUT2D eigenvalue weighted by atomic mass is 9.44. The molecule has 0 radical (unpaired) electrons. The highest BCUT2D eigenvalue weighted by Crippen LogP contribution is 2.64. The van der Waals surface area contributed by atoms with Gasteiger partial charge in [-0.1, -0.05) is 55.8 Å². The SMILES string of the molecule is C=C[C@@]1(C)CC(=O)[C@@]2(O)[C@](C)(O1)[C@@H](OC(=O)COC(=O)CN1CCC(O)(c3ccccc3)CC1)C=C1C(C)(C)CC[C@H](O)[C@@]12C. The number of Topliss-reactive ketones (excluding diaryl/α,β-unsaturated/α-hetero) is 1. The highest BCUT2D eigenvalue weighted by atomic mass is 16.6. The number of benzene rings is 1. The van der Waals surface area contributed by atoms with Crippen LogP contribution in [-0.2, 0) is 34.2 Å². The number of ketones is 1. The first-order valence-electron chi connectivity index (χ1n) is 15.8. The van der Waals surface area contributed by atoms with Crippen molar-refractivity contribution < 1.29 is 43.9 Å². The van der Waals surface area contributed by atoms with E-state index >= 15 is 0 Å². The Morgan fingerprint density at radius 3 is 2.31 bits per heavy atom. The molecule has 2 heterocycles. The molecule has 0 bridgehead atoms. The van der Waals surface area contributed by atoms with Crippen molar-refractivity contribution in [2.24, 2.45) is 10.8 Å². The molecule has 1 saturated carbocycles. The summed E-state index contributed by atoms with van der Waals surface area (Å²) in [4.78, 5) is 41.7. The Morgan fingerprint density at radius 2 is 1.69 bits per heavy atom. The topological polar surface area (TPSA) is 143 Å². The van der Waals surface area contributed by atoms with Crippen LogP contribution < -0.4 is 0 Å². The van der Waals surface area contributed by atoms with E-state index in [1.807, 2.05) is 49.1 Å². The molecule has 0 aromatic heterocycles. The summed E-state index contributed by atoms with van der Waals surface area (Å²) in [5.41, 5.74) is -6.61. The van der Waals surface area contributed by atoms with Gasteiger partial charge in [0, 0.05) is 19.5 Å². The van der Waals surface area contributed by atoms with Crippen LogP contribution in [0, 0.1) is 10.8 Å². The normalized spacial score (nSPS) is 37.4. The third kappa shape index (κ3) is 5.38. The summed E-state index contributed by atoms with van der Waals surface area (Å²) >= 11 is 0. The number of aliphatic hydroxyl groups excluding tert-OH is 1. The summed E-state index contributed by atoms with van der Waals surface area (Å²) in [7, 11) is 0. The number of carbonyl (C=O) groups is 3. The van der Waals surface area contributed by atoms with Gasteiger partial charge in [-0.05, 0) is 63.5 Å². The number of hydrogen-bond donors (Lipinski definition) is 3. The maximum atomic E-state index is 14.0. The van der Waals surface area contributed by atoms with Crippen LogP contribution >= 0.6 is 0 Å². The Hall–Kier alpha value is -2.89. The second-order valence-electron chi connectivity index (χ2n) is 14.5. The molecule has 2 saturated heterocycles. The number of carbonyl (C=O) groups excluding carboxylic acids is 3. The molecule has 5 rings (SSSR count). The van der Waals surface area contributed by atoms with E-state index in [4.69, 9.17) is 14.2 Å². The zero-order chi connectivity index (χ0) is 33.1. The lowest BCUT2D eigenvalue weighted by Gasteiger charge is -2.66. The van der Waals surface area contributed by atoms with Crippen molar-refractivity contribution in [3.8, 4) is 0 Å². The van der Waals surface area contributed by atoms with Crippen LogP contribution in [0.25, 0.3) is 0 Å².